The second-order valence-corrected chi connectivity index (χ2v) is 11.9. The highest BCUT2D eigenvalue weighted by Gasteiger charge is 2.39. The molecule has 1 fully saturated rings. The van der Waals surface area contributed by atoms with Crippen LogP contribution in [0.15, 0.2) is 142 Å². The van der Waals surface area contributed by atoms with Crippen molar-refractivity contribution in [2.45, 2.75) is 24.9 Å². The van der Waals surface area contributed by atoms with Gasteiger partial charge in [0.25, 0.3) is 0 Å². The number of rotatable bonds is 3. The summed E-state index contributed by atoms with van der Waals surface area (Å²) in [6.45, 7) is 0. The van der Waals surface area contributed by atoms with Crippen molar-refractivity contribution in [2.24, 2.45) is 0 Å². The molecule has 2 atom stereocenters. The van der Waals surface area contributed by atoms with Crippen molar-refractivity contribution in [1.82, 2.24) is 0 Å². The summed E-state index contributed by atoms with van der Waals surface area (Å²) in [7, 11) is -1.48. The molecule has 8 rings (SSSR count). The van der Waals surface area contributed by atoms with Crippen molar-refractivity contribution in [3.8, 4) is 0 Å². The zero-order chi connectivity index (χ0) is 26.5. The topological polar surface area (TPSA) is 29.5 Å². The maximum atomic E-state index is 7.05. The van der Waals surface area contributed by atoms with Gasteiger partial charge in [-0.2, -0.15) is 4.67 Å². The van der Waals surface area contributed by atoms with Crippen LogP contribution >= 0.6 is 8.16 Å². The molecule has 2 unspecified atom stereocenters. The molecule has 0 saturated carbocycles. The van der Waals surface area contributed by atoms with E-state index >= 15 is 0 Å². The lowest BCUT2D eigenvalue weighted by atomic mass is 9.99. The van der Waals surface area contributed by atoms with Gasteiger partial charge in [0.1, 0.15) is 11.2 Å². The van der Waals surface area contributed by atoms with E-state index in [9.17, 15) is 0 Å². The van der Waals surface area contributed by atoms with Crippen LogP contribution in [0.25, 0.3) is 43.5 Å². The molecule has 2 heterocycles. The molecule has 1 aliphatic rings. The van der Waals surface area contributed by atoms with Crippen molar-refractivity contribution in [1.29, 1.82) is 0 Å². The van der Waals surface area contributed by atoms with Gasteiger partial charge < -0.3 is 8.39 Å². The van der Waals surface area contributed by atoms with E-state index in [1.165, 1.54) is 32.7 Å². The van der Waals surface area contributed by atoms with Crippen LogP contribution in [0.4, 0.5) is 0 Å². The highest BCUT2D eigenvalue weighted by molar-refractivity contribution is 7.39. The summed E-state index contributed by atoms with van der Waals surface area (Å²) in [5.74, 6) is 0. The fourth-order valence-electron chi connectivity index (χ4n) is 6.47. The predicted octanol–water partition coefficient (Wildman–Crippen LogP) is 10.8. The Morgan fingerprint density at radius 3 is 1.38 bits per heavy atom. The fraction of sp³-hybridized carbons (Fsp3) is 0.111. The first-order valence-corrected chi connectivity index (χ1v) is 15.1. The minimum atomic E-state index is -1.48. The van der Waals surface area contributed by atoms with E-state index in [1.54, 1.807) is 0 Å². The summed E-state index contributed by atoms with van der Waals surface area (Å²) in [6, 6.07) is 47.8. The molecule has 6 aromatic carbocycles. The zero-order valence-electron chi connectivity index (χ0n) is 22.0. The van der Waals surface area contributed by atoms with Crippen LogP contribution in [0.3, 0.4) is 0 Å². The van der Waals surface area contributed by atoms with E-state index in [4.69, 9.17) is 8.39 Å². The third kappa shape index (κ3) is 3.85. The maximum absolute atomic E-state index is 7.05. The van der Waals surface area contributed by atoms with E-state index in [0.29, 0.717) is 0 Å². The second-order valence-electron chi connectivity index (χ2n) is 10.6. The Balaban J connectivity index is 1.48. The second kappa shape index (κ2) is 9.71. The quantitative estimate of drug-likeness (QED) is 0.224. The Bertz CT molecular complexity index is 1890. The molecule has 0 radical (unpaired) electrons. The van der Waals surface area contributed by atoms with Gasteiger partial charge in [-0.05, 0) is 57.6 Å². The van der Waals surface area contributed by atoms with Gasteiger partial charge in [0.15, 0.2) is 0 Å². The molecule has 3 nitrogen and oxygen atoms in total. The van der Waals surface area contributed by atoms with Gasteiger partial charge in [0.2, 0.25) is 0 Å². The molecule has 0 bridgehead atoms. The van der Waals surface area contributed by atoms with Crippen LogP contribution in [-0.4, -0.2) is 0 Å². The highest BCUT2D eigenvalue weighted by atomic mass is 31.1. The molecular weight excluding hydrogens is 509 g/mol. The number of benzene rings is 6. The average molecular weight is 538 g/mol. The summed E-state index contributed by atoms with van der Waals surface area (Å²) in [6.07, 6.45) is 2.09. The highest BCUT2D eigenvalue weighted by Crippen LogP contribution is 2.53. The maximum Gasteiger partial charge on any atom is 0.310 e. The molecule has 194 valence electrons. The van der Waals surface area contributed by atoms with Crippen molar-refractivity contribution < 1.29 is 8.39 Å². The lowest BCUT2D eigenvalue weighted by Crippen LogP contribution is -2.22. The van der Waals surface area contributed by atoms with Crippen LogP contribution in [-0.2, 0) is 0 Å². The Morgan fingerprint density at radius 2 is 0.900 bits per heavy atom. The van der Waals surface area contributed by atoms with Gasteiger partial charge in [-0.25, -0.2) is 0 Å². The Kier molecular flexibility index (Phi) is 5.72. The van der Waals surface area contributed by atoms with Gasteiger partial charge in [0.05, 0.1) is 0 Å². The van der Waals surface area contributed by atoms with E-state index in [2.05, 4.69) is 138 Å². The lowest BCUT2D eigenvalue weighted by Gasteiger charge is -2.27. The number of hydrogen-bond donors (Lipinski definition) is 0. The predicted molar refractivity (Wildman–Crippen MR) is 167 cm³/mol. The van der Waals surface area contributed by atoms with Gasteiger partial charge in [0, 0.05) is 22.9 Å². The van der Waals surface area contributed by atoms with Crippen molar-refractivity contribution in [3.05, 3.63) is 145 Å². The third-order valence-electron chi connectivity index (χ3n) is 8.29. The third-order valence-corrected chi connectivity index (χ3v) is 9.93. The largest absolute Gasteiger partial charge is 0.408 e. The van der Waals surface area contributed by atoms with Crippen LogP contribution in [0.2, 0.25) is 0 Å². The number of fused-ring (bicyclic) bond motifs is 7. The minimum Gasteiger partial charge on any atom is -0.408 e. The van der Waals surface area contributed by atoms with Crippen LogP contribution < -0.4 is 4.67 Å². The number of hydrogen-bond acceptors (Lipinski definition) is 3. The van der Waals surface area contributed by atoms with Gasteiger partial charge in [-0.3, -0.25) is 0 Å². The monoisotopic (exact) mass is 537 g/mol. The van der Waals surface area contributed by atoms with Gasteiger partial charge in [-0.1, -0.05) is 121 Å². The molecule has 40 heavy (non-hydrogen) atoms. The fourth-order valence-corrected chi connectivity index (χ4v) is 8.29. The summed E-state index contributed by atoms with van der Waals surface area (Å²) in [5, 5.41) is 6.97. The molecular formula is C36H28NO2P. The van der Waals surface area contributed by atoms with Crippen LogP contribution in [0.1, 0.15) is 36.1 Å². The SMILES string of the molecule is c1ccc(C2CCC(c3ccccc3)N2p2oc3ccc4ccccc4c3c3c(ccc4ccccc43)o2)cc1. The average Bonchev–Trinajstić information content (AvgIpc) is 3.39. The van der Waals surface area contributed by atoms with E-state index in [1.807, 2.05) is 0 Å². The van der Waals surface area contributed by atoms with E-state index in [-0.39, 0.29) is 12.1 Å². The summed E-state index contributed by atoms with van der Waals surface area (Å²) in [4.78, 5) is 0. The zero-order valence-corrected chi connectivity index (χ0v) is 22.9. The molecule has 0 spiro atoms. The van der Waals surface area contributed by atoms with Crippen LogP contribution in [0.5, 0.6) is 0 Å². The van der Waals surface area contributed by atoms with Crippen molar-refractivity contribution in [3.63, 3.8) is 0 Å². The minimum absolute atomic E-state index is 0.198. The normalized spacial score (nSPS) is 17.7. The number of nitrogens with zero attached hydrogens (tertiary/aromatic N) is 1. The molecule has 0 N–H and O–H groups in total. The molecule has 0 aliphatic carbocycles. The van der Waals surface area contributed by atoms with E-state index < -0.39 is 8.16 Å². The molecule has 1 saturated heterocycles. The Morgan fingerprint density at radius 1 is 0.475 bits per heavy atom. The standard InChI is InChI=1S/C36H28NO2P/c1-3-13-27(14-4-1)31-21-22-32(28-15-5-2-6-16-28)37(31)40-38-33-23-19-25-11-7-9-17-29(25)35(33)36-30-18-10-8-12-26(30)20-24-34(36)39-40/h1-20,23-24,31-32H,21-22H2. The Hall–Kier alpha value is -4.30. The molecule has 4 heteroatoms. The van der Waals surface area contributed by atoms with Gasteiger partial charge >= 0.3 is 8.16 Å². The molecule has 7 aromatic rings. The van der Waals surface area contributed by atoms with Crippen molar-refractivity contribution >= 4 is 51.6 Å². The van der Waals surface area contributed by atoms with Crippen LogP contribution in [0, 0.1) is 0 Å². The Labute approximate surface area is 233 Å². The van der Waals surface area contributed by atoms with Crippen molar-refractivity contribution in [2.75, 3.05) is 4.67 Å². The molecule has 1 aromatic heterocycles. The summed E-state index contributed by atoms with van der Waals surface area (Å²) in [5.41, 5.74) is 4.37. The summed E-state index contributed by atoms with van der Waals surface area (Å²) >= 11 is 0. The molecule has 0 amide bonds. The first kappa shape index (κ1) is 23.6. The molecule has 1 aliphatic heterocycles. The smallest absolute Gasteiger partial charge is 0.310 e. The first-order valence-electron chi connectivity index (χ1n) is 13.9. The lowest BCUT2D eigenvalue weighted by molar-refractivity contribution is 0.594. The van der Waals surface area contributed by atoms with E-state index in [0.717, 1.165) is 34.8 Å². The first-order chi connectivity index (χ1) is 19.8. The van der Waals surface area contributed by atoms with Gasteiger partial charge in [-0.15, -0.1) is 0 Å². The summed E-state index contributed by atoms with van der Waals surface area (Å²) < 4.78 is 16.6.